The second-order valence-electron chi connectivity index (χ2n) is 8.86. The van der Waals surface area contributed by atoms with Gasteiger partial charge in [-0.15, -0.1) is 0 Å². The van der Waals surface area contributed by atoms with Crippen LogP contribution in [0, 0.1) is 13.8 Å². The Morgan fingerprint density at radius 3 is 2.12 bits per heavy atom. The molecule has 0 spiro atoms. The molecular formula is C27H40NO4P. The number of ether oxygens (including phenoxy) is 2. The third-order valence-corrected chi connectivity index (χ3v) is 12.6. The summed E-state index contributed by atoms with van der Waals surface area (Å²) in [7, 11) is -0.634. The van der Waals surface area contributed by atoms with Gasteiger partial charge in [-0.1, -0.05) is 0 Å². The number of carbonyl (C=O) groups excluding carboxylic acids is 2. The Morgan fingerprint density at radius 2 is 1.61 bits per heavy atom. The van der Waals surface area contributed by atoms with Crippen LogP contribution in [-0.2, 0) is 20.9 Å². The summed E-state index contributed by atoms with van der Waals surface area (Å²) >= 11 is 0. The van der Waals surface area contributed by atoms with E-state index in [0.717, 1.165) is 53.3 Å². The standard InChI is InChI=1S/C27H40NO4P/c1-7-13-24(27(30)28-26-20(4)16-23(31-6)17-21(26)5)33(8-2,9-3)19-25(29)32-18-22-14-11-10-12-15-22/h10-12,14-17,24,33H,7-9,13,18-19H2,1-6H3,(H,28,30). The predicted octanol–water partition coefficient (Wildman–Crippen LogP) is 5.95. The van der Waals surface area contributed by atoms with Crippen molar-refractivity contribution >= 4 is 24.8 Å². The average molecular weight is 474 g/mol. The average Bonchev–Trinajstić information content (AvgIpc) is 2.82. The number of aryl methyl sites for hydroxylation is 2. The number of hydrogen-bond acceptors (Lipinski definition) is 4. The number of benzene rings is 2. The third kappa shape index (κ3) is 7.04. The molecule has 2 aromatic carbocycles. The molecule has 0 aromatic heterocycles. The minimum atomic E-state index is -2.28. The summed E-state index contributed by atoms with van der Waals surface area (Å²) in [5, 5.41) is 3.21. The molecule has 33 heavy (non-hydrogen) atoms. The first-order chi connectivity index (χ1) is 15.8. The van der Waals surface area contributed by atoms with Crippen LogP contribution >= 0.6 is 7.26 Å². The zero-order valence-corrected chi connectivity index (χ0v) is 22.0. The first kappa shape index (κ1) is 26.9. The van der Waals surface area contributed by atoms with Gasteiger partial charge in [0, 0.05) is 0 Å². The molecule has 1 unspecified atom stereocenters. The molecule has 0 aliphatic heterocycles. The number of methoxy groups -OCH3 is 1. The van der Waals surface area contributed by atoms with Crippen LogP contribution in [0.2, 0.25) is 0 Å². The number of nitrogens with one attached hydrogen (secondary N) is 1. The van der Waals surface area contributed by atoms with Gasteiger partial charge < -0.3 is 0 Å². The molecular weight excluding hydrogens is 433 g/mol. The molecule has 0 saturated carbocycles. The molecule has 0 fully saturated rings. The van der Waals surface area contributed by atoms with E-state index < -0.39 is 7.26 Å². The van der Waals surface area contributed by atoms with Crippen molar-refractivity contribution in [3.05, 3.63) is 59.2 Å². The van der Waals surface area contributed by atoms with Gasteiger partial charge in [0.25, 0.3) is 0 Å². The van der Waals surface area contributed by atoms with Crippen LogP contribution in [0.5, 0.6) is 5.75 Å². The van der Waals surface area contributed by atoms with Crippen molar-refractivity contribution in [2.75, 3.05) is 30.9 Å². The van der Waals surface area contributed by atoms with Gasteiger partial charge in [0.15, 0.2) is 0 Å². The van der Waals surface area contributed by atoms with E-state index in [-0.39, 0.29) is 24.1 Å². The van der Waals surface area contributed by atoms with Gasteiger partial charge in [0.1, 0.15) is 0 Å². The molecule has 0 aliphatic carbocycles. The van der Waals surface area contributed by atoms with Crippen LogP contribution < -0.4 is 10.1 Å². The van der Waals surface area contributed by atoms with Gasteiger partial charge in [-0.05, 0) is 0 Å². The fourth-order valence-electron chi connectivity index (χ4n) is 4.65. The Labute approximate surface area is 199 Å². The van der Waals surface area contributed by atoms with Gasteiger partial charge in [-0.2, -0.15) is 0 Å². The van der Waals surface area contributed by atoms with Crippen LogP contribution in [0.3, 0.4) is 0 Å². The number of rotatable bonds is 12. The molecule has 182 valence electrons. The molecule has 2 rings (SSSR count). The monoisotopic (exact) mass is 473 g/mol. The van der Waals surface area contributed by atoms with Crippen molar-refractivity contribution in [1.29, 1.82) is 0 Å². The molecule has 0 bridgehead atoms. The van der Waals surface area contributed by atoms with Crippen LogP contribution in [-0.4, -0.2) is 43.1 Å². The molecule has 5 nitrogen and oxygen atoms in total. The van der Waals surface area contributed by atoms with Crippen molar-refractivity contribution in [3.63, 3.8) is 0 Å². The molecule has 1 N–H and O–H groups in total. The maximum atomic E-state index is 13.6. The Balaban J connectivity index is 2.22. The molecule has 1 atom stereocenters. The number of hydrogen-bond donors (Lipinski definition) is 1. The zero-order chi connectivity index (χ0) is 24.4. The molecule has 6 heteroatoms. The minimum absolute atomic E-state index is 0.0273. The Bertz CT molecular complexity index is 902. The van der Waals surface area contributed by atoms with E-state index in [0.29, 0.717) is 6.16 Å². The summed E-state index contributed by atoms with van der Waals surface area (Å²) in [6.45, 7) is 10.6. The summed E-state index contributed by atoms with van der Waals surface area (Å²) < 4.78 is 11.0. The molecule has 1 amide bonds. The van der Waals surface area contributed by atoms with Crippen LogP contribution in [0.4, 0.5) is 5.69 Å². The fraction of sp³-hybridized carbons (Fsp3) is 0.481. The van der Waals surface area contributed by atoms with Gasteiger partial charge in [0.2, 0.25) is 0 Å². The number of carbonyl (C=O) groups is 2. The van der Waals surface area contributed by atoms with Crippen LogP contribution in [0.25, 0.3) is 0 Å². The topological polar surface area (TPSA) is 64.6 Å². The summed E-state index contributed by atoms with van der Waals surface area (Å²) in [5.74, 6) is 0.611. The van der Waals surface area contributed by atoms with E-state index in [1.165, 1.54) is 0 Å². The molecule has 0 radical (unpaired) electrons. The van der Waals surface area contributed by atoms with Crippen molar-refractivity contribution in [2.24, 2.45) is 0 Å². The molecule has 0 saturated heterocycles. The summed E-state index contributed by atoms with van der Waals surface area (Å²) in [6, 6.07) is 13.6. The summed E-state index contributed by atoms with van der Waals surface area (Å²) in [4.78, 5) is 26.5. The van der Waals surface area contributed by atoms with E-state index in [1.807, 2.05) is 56.3 Å². The van der Waals surface area contributed by atoms with E-state index in [4.69, 9.17) is 9.47 Å². The molecule has 0 aliphatic rings. The normalized spacial score (nSPS) is 12.7. The zero-order valence-electron chi connectivity index (χ0n) is 21.0. The van der Waals surface area contributed by atoms with Gasteiger partial charge in [-0.3, -0.25) is 0 Å². The second kappa shape index (κ2) is 12.7. The fourth-order valence-corrected chi connectivity index (χ4v) is 9.08. The van der Waals surface area contributed by atoms with Gasteiger partial charge >= 0.3 is 199 Å². The molecule has 2 aromatic rings. The third-order valence-electron chi connectivity index (χ3n) is 6.77. The SMILES string of the molecule is CCCC(C(=O)Nc1c(C)cc(OC)cc1C)[PH](CC)(CC)CC(=O)OCc1ccccc1. The van der Waals surface area contributed by atoms with E-state index in [2.05, 4.69) is 26.1 Å². The second-order valence-corrected chi connectivity index (χ2v) is 14.0. The van der Waals surface area contributed by atoms with E-state index in [9.17, 15) is 9.59 Å². The maximum absolute atomic E-state index is 13.6. The summed E-state index contributed by atoms with van der Waals surface area (Å²) in [6.07, 6.45) is 3.77. The first-order valence-electron chi connectivity index (χ1n) is 12.0. The van der Waals surface area contributed by atoms with Crippen molar-refractivity contribution in [3.8, 4) is 5.75 Å². The predicted molar refractivity (Wildman–Crippen MR) is 140 cm³/mol. The van der Waals surface area contributed by atoms with E-state index >= 15 is 0 Å². The van der Waals surface area contributed by atoms with Crippen molar-refractivity contribution in [1.82, 2.24) is 0 Å². The van der Waals surface area contributed by atoms with Gasteiger partial charge in [-0.25, -0.2) is 0 Å². The Kier molecular flexibility index (Phi) is 10.4. The van der Waals surface area contributed by atoms with Crippen LogP contribution in [0.1, 0.15) is 50.3 Å². The Morgan fingerprint density at radius 1 is 1.00 bits per heavy atom. The van der Waals surface area contributed by atoms with Crippen LogP contribution in [0.15, 0.2) is 42.5 Å². The van der Waals surface area contributed by atoms with Gasteiger partial charge in [0.05, 0.1) is 0 Å². The first-order valence-corrected chi connectivity index (χ1v) is 14.7. The van der Waals surface area contributed by atoms with Crippen molar-refractivity contribution in [2.45, 2.75) is 59.7 Å². The van der Waals surface area contributed by atoms with E-state index in [1.54, 1.807) is 7.11 Å². The number of esters is 1. The summed E-state index contributed by atoms with van der Waals surface area (Å²) in [5.41, 5.74) is 3.60. The quantitative estimate of drug-likeness (QED) is 0.305. The molecule has 0 heterocycles. The number of anilines is 1. The Hall–Kier alpha value is -2.39. The number of amides is 1. The van der Waals surface area contributed by atoms with Crippen molar-refractivity contribution < 1.29 is 19.1 Å².